The quantitative estimate of drug-likeness (QED) is 0.808. The van der Waals surface area contributed by atoms with Gasteiger partial charge < -0.3 is 16.0 Å². The first-order valence-corrected chi connectivity index (χ1v) is 6.41. The van der Waals surface area contributed by atoms with Crippen LogP contribution in [0.2, 0.25) is 5.02 Å². The molecule has 1 heterocycles. The zero-order chi connectivity index (χ0) is 13.3. The summed E-state index contributed by atoms with van der Waals surface area (Å²) < 4.78 is 0. The molecule has 0 bridgehead atoms. The van der Waals surface area contributed by atoms with Gasteiger partial charge in [0, 0.05) is 31.7 Å². The van der Waals surface area contributed by atoms with Crippen molar-refractivity contribution in [3.63, 3.8) is 0 Å². The van der Waals surface area contributed by atoms with Crippen LogP contribution in [0, 0.1) is 6.92 Å². The number of carbonyl (C=O) groups is 1. The normalized spacial score (nSPS) is 20.1. The van der Waals surface area contributed by atoms with Crippen LogP contribution >= 0.6 is 11.6 Å². The van der Waals surface area contributed by atoms with Crippen LogP contribution in [0.3, 0.4) is 0 Å². The van der Waals surface area contributed by atoms with Gasteiger partial charge in [-0.25, -0.2) is 0 Å². The number of likely N-dealkylation sites (N-methyl/N-ethyl adjacent to an activating group) is 1. The smallest absolute Gasteiger partial charge is 0.222 e. The molecule has 0 aliphatic carbocycles. The van der Waals surface area contributed by atoms with Gasteiger partial charge in [-0.2, -0.15) is 0 Å². The maximum Gasteiger partial charge on any atom is 0.222 e. The maximum atomic E-state index is 11.4. The summed E-state index contributed by atoms with van der Waals surface area (Å²) >= 11 is 6.03. The number of nitrogens with zero attached hydrogens (tertiary/aromatic N) is 1. The van der Waals surface area contributed by atoms with Crippen molar-refractivity contribution in [2.45, 2.75) is 25.8 Å². The van der Waals surface area contributed by atoms with Gasteiger partial charge in [0.1, 0.15) is 0 Å². The molecule has 0 saturated carbocycles. The molecule has 4 nitrogen and oxygen atoms in total. The molecule has 18 heavy (non-hydrogen) atoms. The van der Waals surface area contributed by atoms with E-state index >= 15 is 0 Å². The Balaban J connectivity index is 2.10. The third-order valence-electron chi connectivity index (χ3n) is 3.33. The minimum absolute atomic E-state index is 0.208. The average Bonchev–Trinajstić information content (AvgIpc) is 2.31. The van der Waals surface area contributed by atoms with Crippen molar-refractivity contribution in [3.05, 3.63) is 22.7 Å². The van der Waals surface area contributed by atoms with Gasteiger partial charge in [0.25, 0.3) is 0 Å². The van der Waals surface area contributed by atoms with Gasteiger partial charge in [0.15, 0.2) is 0 Å². The highest BCUT2D eigenvalue weighted by Gasteiger charge is 2.23. The number of nitrogens with two attached hydrogens (primary N) is 1. The molecule has 0 radical (unpaired) electrons. The van der Waals surface area contributed by atoms with Crippen LogP contribution in [0.25, 0.3) is 0 Å². The summed E-state index contributed by atoms with van der Waals surface area (Å²) in [5, 5.41) is 3.99. The molecule has 1 fully saturated rings. The predicted molar refractivity (Wildman–Crippen MR) is 74.9 cm³/mol. The van der Waals surface area contributed by atoms with Crippen molar-refractivity contribution < 1.29 is 4.79 Å². The number of anilines is 2. The van der Waals surface area contributed by atoms with Crippen molar-refractivity contribution in [3.8, 4) is 0 Å². The topological polar surface area (TPSA) is 58.4 Å². The molecule has 3 N–H and O–H groups in total. The van der Waals surface area contributed by atoms with Crippen molar-refractivity contribution in [1.29, 1.82) is 0 Å². The molecule has 5 heteroatoms. The predicted octanol–water partition coefficient (Wildman–Crippen LogP) is 2.26. The number of hydrogen-bond acceptors (Lipinski definition) is 3. The Kier molecular flexibility index (Phi) is 3.66. The monoisotopic (exact) mass is 267 g/mol. The Morgan fingerprint density at radius 1 is 1.50 bits per heavy atom. The van der Waals surface area contributed by atoms with Gasteiger partial charge >= 0.3 is 0 Å². The fraction of sp³-hybridized carbons (Fsp3) is 0.462. The van der Waals surface area contributed by atoms with Crippen LogP contribution in [-0.4, -0.2) is 30.4 Å². The van der Waals surface area contributed by atoms with E-state index in [0.29, 0.717) is 17.1 Å². The first-order chi connectivity index (χ1) is 8.47. The molecular formula is C13H18ClN3O. The number of aryl methyl sites for hydroxylation is 1. The van der Waals surface area contributed by atoms with Gasteiger partial charge in [0.05, 0.1) is 10.7 Å². The summed E-state index contributed by atoms with van der Waals surface area (Å²) in [7, 11) is 1.83. The van der Waals surface area contributed by atoms with Crippen LogP contribution in [0.5, 0.6) is 0 Å². The maximum absolute atomic E-state index is 11.4. The lowest BCUT2D eigenvalue weighted by Crippen LogP contribution is -2.43. The summed E-state index contributed by atoms with van der Waals surface area (Å²) in [5.74, 6) is 0.208. The van der Waals surface area contributed by atoms with Crippen molar-refractivity contribution in [1.82, 2.24) is 4.90 Å². The van der Waals surface area contributed by atoms with E-state index in [-0.39, 0.29) is 11.9 Å². The molecule has 98 valence electrons. The molecule has 0 aromatic heterocycles. The molecule has 1 atom stereocenters. The van der Waals surface area contributed by atoms with Gasteiger partial charge in [0.2, 0.25) is 5.91 Å². The van der Waals surface area contributed by atoms with Crippen molar-refractivity contribution >= 4 is 28.9 Å². The number of carbonyl (C=O) groups excluding carboxylic acids is 1. The minimum Gasteiger partial charge on any atom is -0.398 e. The van der Waals surface area contributed by atoms with E-state index in [1.807, 2.05) is 26.1 Å². The van der Waals surface area contributed by atoms with E-state index in [9.17, 15) is 4.79 Å². The number of benzene rings is 1. The second-order valence-electron chi connectivity index (χ2n) is 4.84. The van der Waals surface area contributed by atoms with E-state index in [1.54, 1.807) is 4.90 Å². The summed E-state index contributed by atoms with van der Waals surface area (Å²) in [6.07, 6.45) is 1.44. The summed E-state index contributed by atoms with van der Waals surface area (Å²) in [5.41, 5.74) is 8.40. The van der Waals surface area contributed by atoms with Crippen LogP contribution < -0.4 is 11.1 Å². The molecule has 1 aliphatic rings. The molecule has 1 aromatic carbocycles. The fourth-order valence-corrected chi connectivity index (χ4v) is 2.37. The zero-order valence-electron chi connectivity index (χ0n) is 10.7. The summed E-state index contributed by atoms with van der Waals surface area (Å²) in [6, 6.07) is 3.98. The molecular weight excluding hydrogens is 250 g/mol. The Morgan fingerprint density at radius 2 is 2.22 bits per heavy atom. The number of hydrogen-bond donors (Lipinski definition) is 2. The number of nitrogens with one attached hydrogen (secondary N) is 1. The SMILES string of the molecule is Cc1cc(N)c(Cl)cc1NC1CCC(=O)N(C)C1. The van der Waals surface area contributed by atoms with Gasteiger partial charge in [-0.3, -0.25) is 4.79 Å². The molecule has 1 saturated heterocycles. The van der Waals surface area contributed by atoms with Gasteiger partial charge in [-0.15, -0.1) is 0 Å². The van der Waals surface area contributed by atoms with E-state index in [1.165, 1.54) is 0 Å². The standard InChI is InChI=1S/C13H18ClN3O/c1-8-5-11(15)10(14)6-12(8)16-9-3-4-13(18)17(2)7-9/h5-6,9,16H,3-4,7,15H2,1-2H3. The second-order valence-corrected chi connectivity index (χ2v) is 5.25. The first kappa shape index (κ1) is 13.0. The number of likely N-dealkylation sites (tertiary alicyclic amines) is 1. The molecule has 2 rings (SSSR count). The van der Waals surface area contributed by atoms with E-state index < -0.39 is 0 Å². The Morgan fingerprint density at radius 3 is 2.89 bits per heavy atom. The lowest BCUT2D eigenvalue weighted by Gasteiger charge is -2.31. The molecule has 1 aliphatic heterocycles. The molecule has 1 unspecified atom stereocenters. The van der Waals surface area contributed by atoms with E-state index in [0.717, 1.165) is 24.2 Å². The lowest BCUT2D eigenvalue weighted by atomic mass is 10.0. The molecule has 0 spiro atoms. The number of piperidine rings is 1. The number of nitrogen functional groups attached to an aromatic ring is 1. The zero-order valence-corrected chi connectivity index (χ0v) is 11.4. The summed E-state index contributed by atoms with van der Waals surface area (Å²) in [6.45, 7) is 2.72. The highest BCUT2D eigenvalue weighted by Crippen LogP contribution is 2.28. The highest BCUT2D eigenvalue weighted by atomic mass is 35.5. The van der Waals surface area contributed by atoms with Gasteiger partial charge in [-0.1, -0.05) is 11.6 Å². The first-order valence-electron chi connectivity index (χ1n) is 6.03. The van der Waals surface area contributed by atoms with Crippen LogP contribution in [0.15, 0.2) is 12.1 Å². The lowest BCUT2D eigenvalue weighted by molar-refractivity contribution is -0.132. The molecule has 1 aromatic rings. The van der Waals surface area contributed by atoms with Crippen LogP contribution in [-0.2, 0) is 4.79 Å². The molecule has 1 amide bonds. The van der Waals surface area contributed by atoms with Crippen LogP contribution in [0.1, 0.15) is 18.4 Å². The number of halogens is 1. The summed E-state index contributed by atoms with van der Waals surface area (Å²) in [4.78, 5) is 13.2. The third-order valence-corrected chi connectivity index (χ3v) is 3.66. The Hall–Kier alpha value is -1.42. The van der Waals surface area contributed by atoms with E-state index in [4.69, 9.17) is 17.3 Å². The van der Waals surface area contributed by atoms with Gasteiger partial charge in [-0.05, 0) is 31.0 Å². The van der Waals surface area contributed by atoms with E-state index in [2.05, 4.69) is 5.32 Å². The van der Waals surface area contributed by atoms with Crippen molar-refractivity contribution in [2.75, 3.05) is 24.6 Å². The Bertz CT molecular complexity index is 476. The Labute approximate surface area is 112 Å². The number of amides is 1. The van der Waals surface area contributed by atoms with Crippen LogP contribution in [0.4, 0.5) is 11.4 Å². The largest absolute Gasteiger partial charge is 0.398 e. The number of rotatable bonds is 2. The van der Waals surface area contributed by atoms with Crippen molar-refractivity contribution in [2.24, 2.45) is 0 Å². The second kappa shape index (κ2) is 5.06. The fourth-order valence-electron chi connectivity index (χ4n) is 2.21. The third kappa shape index (κ3) is 2.70. The highest BCUT2D eigenvalue weighted by molar-refractivity contribution is 6.33. The minimum atomic E-state index is 0.208. The average molecular weight is 268 g/mol.